The van der Waals surface area contributed by atoms with Gasteiger partial charge in [-0.2, -0.15) is 0 Å². The second kappa shape index (κ2) is 5.78. The van der Waals surface area contributed by atoms with Crippen LogP contribution in [0.15, 0.2) is 48.6 Å². The first-order valence-corrected chi connectivity index (χ1v) is 6.69. The molecule has 0 bridgehead atoms. The Morgan fingerprint density at radius 2 is 1.95 bits per heavy atom. The second-order valence-corrected chi connectivity index (χ2v) is 4.96. The van der Waals surface area contributed by atoms with Crippen molar-refractivity contribution in [1.82, 2.24) is 4.90 Å². The average Bonchev–Trinajstić information content (AvgIpc) is 2.44. The van der Waals surface area contributed by atoms with Gasteiger partial charge in [-0.25, -0.2) is 0 Å². The van der Waals surface area contributed by atoms with Crippen molar-refractivity contribution in [3.63, 3.8) is 0 Å². The third-order valence-electron chi connectivity index (χ3n) is 3.26. The van der Waals surface area contributed by atoms with Gasteiger partial charge in [0.15, 0.2) is 0 Å². The van der Waals surface area contributed by atoms with Gasteiger partial charge in [-0.05, 0) is 25.3 Å². The van der Waals surface area contributed by atoms with Crippen LogP contribution in [-0.4, -0.2) is 29.0 Å². The van der Waals surface area contributed by atoms with E-state index in [4.69, 9.17) is 0 Å². The first-order chi connectivity index (χ1) is 9.54. The zero-order valence-electron chi connectivity index (χ0n) is 11.9. The van der Waals surface area contributed by atoms with E-state index < -0.39 is 0 Å². The third-order valence-corrected chi connectivity index (χ3v) is 3.26. The molecular weight excluding hydrogens is 250 g/mol. The topological polar surface area (TPSA) is 40.5 Å². The van der Waals surface area contributed by atoms with Crippen LogP contribution in [0.3, 0.4) is 0 Å². The number of hydrogen-bond donors (Lipinski definition) is 1. The zero-order chi connectivity index (χ0) is 14.7. The van der Waals surface area contributed by atoms with Gasteiger partial charge in [0.1, 0.15) is 5.75 Å². The maximum absolute atomic E-state index is 12.5. The number of carbonyl (C=O) groups is 1. The average molecular weight is 269 g/mol. The maximum atomic E-state index is 12.5. The van der Waals surface area contributed by atoms with Crippen LogP contribution in [0, 0.1) is 0 Å². The van der Waals surface area contributed by atoms with E-state index in [0.717, 1.165) is 11.0 Å². The van der Waals surface area contributed by atoms with Gasteiger partial charge in [0, 0.05) is 18.5 Å². The molecule has 0 radical (unpaired) electrons. The van der Waals surface area contributed by atoms with Crippen molar-refractivity contribution in [3.05, 3.63) is 54.1 Å². The first-order valence-electron chi connectivity index (χ1n) is 6.69. The summed E-state index contributed by atoms with van der Waals surface area (Å²) in [6.45, 7) is 8.72. The summed E-state index contributed by atoms with van der Waals surface area (Å²) in [5.74, 6) is -0.119. The van der Waals surface area contributed by atoms with Gasteiger partial charge in [0.05, 0.1) is 5.56 Å². The number of phenolic OH excluding ortho intramolecular Hbond substituents is 1. The molecule has 1 amide bonds. The highest BCUT2D eigenvalue weighted by Gasteiger charge is 2.19. The van der Waals surface area contributed by atoms with E-state index >= 15 is 0 Å². The van der Waals surface area contributed by atoms with E-state index in [9.17, 15) is 9.90 Å². The molecule has 0 aliphatic rings. The van der Waals surface area contributed by atoms with E-state index in [1.54, 1.807) is 11.0 Å². The summed E-state index contributed by atoms with van der Waals surface area (Å²) in [4.78, 5) is 14.2. The summed E-state index contributed by atoms with van der Waals surface area (Å²) in [5, 5.41) is 11.9. The summed E-state index contributed by atoms with van der Waals surface area (Å²) in [7, 11) is 0. The summed E-state index contributed by atoms with van der Waals surface area (Å²) >= 11 is 0. The van der Waals surface area contributed by atoms with Crippen molar-refractivity contribution < 1.29 is 9.90 Å². The summed E-state index contributed by atoms with van der Waals surface area (Å²) < 4.78 is 0. The Morgan fingerprint density at radius 3 is 2.60 bits per heavy atom. The molecule has 0 aliphatic carbocycles. The maximum Gasteiger partial charge on any atom is 0.257 e. The fraction of sp³-hybridized carbons (Fsp3) is 0.235. The summed E-state index contributed by atoms with van der Waals surface area (Å²) in [6.07, 6.45) is 0. The molecule has 0 aliphatic heterocycles. The molecular formula is C17H19NO2. The number of phenols is 1. The Balaban J connectivity index is 2.44. The number of rotatable bonds is 4. The van der Waals surface area contributed by atoms with Crippen LogP contribution < -0.4 is 0 Å². The number of amides is 1. The predicted molar refractivity (Wildman–Crippen MR) is 82.0 cm³/mol. The van der Waals surface area contributed by atoms with Crippen LogP contribution in [0.25, 0.3) is 10.8 Å². The molecule has 1 N–H and O–H groups in total. The lowest BCUT2D eigenvalue weighted by Crippen LogP contribution is -2.32. The highest BCUT2D eigenvalue weighted by atomic mass is 16.3. The monoisotopic (exact) mass is 269 g/mol. The van der Waals surface area contributed by atoms with Crippen molar-refractivity contribution in [2.75, 3.05) is 13.1 Å². The lowest BCUT2D eigenvalue weighted by atomic mass is 10.0. The van der Waals surface area contributed by atoms with Gasteiger partial charge < -0.3 is 10.0 Å². The molecule has 0 saturated carbocycles. The Labute approximate surface area is 119 Å². The minimum absolute atomic E-state index is 0.0493. The van der Waals surface area contributed by atoms with Crippen molar-refractivity contribution in [3.8, 4) is 5.75 Å². The Hall–Kier alpha value is -2.29. The number of hydrogen-bond acceptors (Lipinski definition) is 2. The molecule has 0 atom stereocenters. The molecule has 104 valence electrons. The van der Waals surface area contributed by atoms with Crippen molar-refractivity contribution in [1.29, 1.82) is 0 Å². The van der Waals surface area contributed by atoms with E-state index in [2.05, 4.69) is 6.58 Å². The highest BCUT2D eigenvalue weighted by molar-refractivity contribution is 6.03. The van der Waals surface area contributed by atoms with Crippen LogP contribution in [0.1, 0.15) is 24.2 Å². The van der Waals surface area contributed by atoms with E-state index in [0.29, 0.717) is 24.0 Å². The van der Waals surface area contributed by atoms with Crippen molar-refractivity contribution >= 4 is 16.7 Å². The molecule has 0 heterocycles. The van der Waals surface area contributed by atoms with E-state index in [1.807, 2.05) is 44.2 Å². The van der Waals surface area contributed by atoms with Crippen LogP contribution in [0.2, 0.25) is 0 Å². The standard InChI is InChI=1S/C17H19NO2/c1-4-18(11-12(2)3)17(20)15-10-9-13-7-5-6-8-14(13)16(15)19/h5-10,19H,2,4,11H2,1,3H3. The molecule has 0 spiro atoms. The van der Waals surface area contributed by atoms with Crippen molar-refractivity contribution in [2.24, 2.45) is 0 Å². The zero-order valence-corrected chi connectivity index (χ0v) is 11.9. The van der Waals surface area contributed by atoms with Gasteiger partial charge in [0.25, 0.3) is 5.91 Å². The van der Waals surface area contributed by atoms with E-state index in [-0.39, 0.29) is 11.7 Å². The lowest BCUT2D eigenvalue weighted by Gasteiger charge is -2.21. The Kier molecular flexibility index (Phi) is 4.08. The predicted octanol–water partition coefficient (Wildman–Crippen LogP) is 3.58. The summed E-state index contributed by atoms with van der Waals surface area (Å²) in [5.41, 5.74) is 1.26. The van der Waals surface area contributed by atoms with Gasteiger partial charge >= 0.3 is 0 Å². The van der Waals surface area contributed by atoms with Crippen LogP contribution in [0.4, 0.5) is 0 Å². The third kappa shape index (κ3) is 2.67. The SMILES string of the molecule is C=C(C)CN(CC)C(=O)c1ccc2ccccc2c1O. The van der Waals surface area contributed by atoms with Gasteiger partial charge in [-0.3, -0.25) is 4.79 Å². The number of carbonyl (C=O) groups excluding carboxylic acids is 1. The Bertz CT molecular complexity index is 661. The number of fused-ring (bicyclic) bond motifs is 1. The molecule has 0 aromatic heterocycles. The summed E-state index contributed by atoms with van der Waals surface area (Å²) in [6, 6.07) is 11.0. The fourth-order valence-corrected chi connectivity index (χ4v) is 2.25. The Morgan fingerprint density at radius 1 is 1.25 bits per heavy atom. The van der Waals surface area contributed by atoms with Gasteiger partial charge in [-0.15, -0.1) is 0 Å². The molecule has 0 fully saturated rings. The first kappa shape index (κ1) is 14.1. The number of nitrogens with zero attached hydrogens (tertiary/aromatic N) is 1. The minimum Gasteiger partial charge on any atom is -0.506 e. The van der Waals surface area contributed by atoms with Crippen LogP contribution in [0.5, 0.6) is 5.75 Å². The normalized spacial score (nSPS) is 10.5. The quantitative estimate of drug-likeness (QED) is 0.862. The molecule has 2 aromatic carbocycles. The van der Waals surface area contributed by atoms with Gasteiger partial charge in [0.2, 0.25) is 0 Å². The lowest BCUT2D eigenvalue weighted by molar-refractivity contribution is 0.0775. The molecule has 2 aromatic rings. The molecule has 3 nitrogen and oxygen atoms in total. The van der Waals surface area contributed by atoms with E-state index in [1.165, 1.54) is 0 Å². The molecule has 2 rings (SSSR count). The molecule has 0 saturated heterocycles. The number of benzene rings is 2. The molecule has 3 heteroatoms. The van der Waals surface area contributed by atoms with Crippen LogP contribution >= 0.6 is 0 Å². The van der Waals surface area contributed by atoms with Crippen LogP contribution in [-0.2, 0) is 0 Å². The molecule has 20 heavy (non-hydrogen) atoms. The second-order valence-electron chi connectivity index (χ2n) is 4.96. The number of likely N-dealkylation sites (N-methyl/N-ethyl adjacent to an activating group) is 1. The van der Waals surface area contributed by atoms with Gasteiger partial charge in [-0.1, -0.05) is 42.5 Å². The minimum atomic E-state index is -0.168. The fourth-order valence-electron chi connectivity index (χ4n) is 2.25. The molecule has 0 unspecified atom stereocenters. The number of aromatic hydroxyl groups is 1. The van der Waals surface area contributed by atoms with Crippen molar-refractivity contribution in [2.45, 2.75) is 13.8 Å². The smallest absolute Gasteiger partial charge is 0.257 e. The highest BCUT2D eigenvalue weighted by Crippen LogP contribution is 2.29. The largest absolute Gasteiger partial charge is 0.506 e.